The van der Waals surface area contributed by atoms with Crippen LogP contribution < -0.4 is 0 Å². The Morgan fingerprint density at radius 3 is 2.54 bits per heavy atom. The Bertz CT molecular complexity index is 919. The third-order valence-electron chi connectivity index (χ3n) is 6.61. The lowest BCUT2D eigenvalue weighted by atomic mass is 9.55. The first-order valence-electron chi connectivity index (χ1n) is 9.59. The Balaban J connectivity index is 1.82. The molecule has 2 aromatic rings. The van der Waals surface area contributed by atoms with Crippen LogP contribution in [-0.2, 0) is 5.41 Å². The molecule has 0 heteroatoms. The predicted octanol–water partition coefficient (Wildman–Crippen LogP) is 6.59. The zero-order valence-corrected chi connectivity index (χ0v) is 15.7. The van der Waals surface area contributed by atoms with Crippen LogP contribution in [0.5, 0.6) is 0 Å². The van der Waals surface area contributed by atoms with Crippen molar-refractivity contribution in [3.8, 4) is 12.3 Å². The summed E-state index contributed by atoms with van der Waals surface area (Å²) in [5.74, 6) is 3.23. The standard InChI is InChI=1S/C26H26/c1-4-5-10-18-26(19-17-21-12-7-9-14-23(21)26)25(2,3)24-16-15-20-11-6-8-13-22(20)24/h1,6-9,11-17,19,24H,5,10,18H2,2-3H3. The molecule has 0 amide bonds. The predicted molar refractivity (Wildman–Crippen MR) is 112 cm³/mol. The van der Waals surface area contributed by atoms with Crippen molar-refractivity contribution in [2.45, 2.75) is 44.4 Å². The van der Waals surface area contributed by atoms with E-state index in [0.29, 0.717) is 5.92 Å². The number of terminal acetylenes is 1. The van der Waals surface area contributed by atoms with Crippen LogP contribution in [0.2, 0.25) is 0 Å². The Labute approximate surface area is 157 Å². The van der Waals surface area contributed by atoms with Crippen LogP contribution >= 0.6 is 0 Å². The number of unbranched alkanes of at least 4 members (excludes halogenated alkanes) is 1. The minimum atomic E-state index is 0.00685. The lowest BCUT2D eigenvalue weighted by molar-refractivity contribution is 0.173. The van der Waals surface area contributed by atoms with Crippen LogP contribution in [0.15, 0.2) is 60.7 Å². The average Bonchev–Trinajstić information content (AvgIpc) is 3.25. The van der Waals surface area contributed by atoms with Crippen molar-refractivity contribution in [3.63, 3.8) is 0 Å². The molecular formula is C26H26. The topological polar surface area (TPSA) is 0 Å². The van der Waals surface area contributed by atoms with Gasteiger partial charge in [0.05, 0.1) is 0 Å². The van der Waals surface area contributed by atoms with Crippen LogP contribution in [0.4, 0.5) is 0 Å². The first-order valence-corrected chi connectivity index (χ1v) is 9.59. The van der Waals surface area contributed by atoms with E-state index in [1.165, 1.54) is 22.3 Å². The monoisotopic (exact) mass is 338 g/mol. The van der Waals surface area contributed by atoms with Gasteiger partial charge in [-0.3, -0.25) is 0 Å². The van der Waals surface area contributed by atoms with Crippen LogP contribution in [-0.4, -0.2) is 0 Å². The highest BCUT2D eigenvalue weighted by Crippen LogP contribution is 2.59. The molecule has 0 aromatic heterocycles. The van der Waals surface area contributed by atoms with E-state index >= 15 is 0 Å². The van der Waals surface area contributed by atoms with Gasteiger partial charge in [-0.1, -0.05) is 86.7 Å². The highest BCUT2D eigenvalue weighted by atomic mass is 14.5. The smallest absolute Gasteiger partial charge is 0.0201 e. The second-order valence-corrected chi connectivity index (χ2v) is 8.14. The molecule has 0 heterocycles. The summed E-state index contributed by atoms with van der Waals surface area (Å²) in [6.07, 6.45) is 18.0. The van der Waals surface area contributed by atoms with Crippen LogP contribution in [0.1, 0.15) is 61.3 Å². The van der Waals surface area contributed by atoms with Crippen molar-refractivity contribution in [1.29, 1.82) is 0 Å². The summed E-state index contributed by atoms with van der Waals surface area (Å²) >= 11 is 0. The third-order valence-corrected chi connectivity index (χ3v) is 6.61. The molecule has 0 N–H and O–H groups in total. The van der Waals surface area contributed by atoms with E-state index in [0.717, 1.165) is 19.3 Å². The van der Waals surface area contributed by atoms with Crippen molar-refractivity contribution in [2.24, 2.45) is 5.41 Å². The van der Waals surface area contributed by atoms with E-state index < -0.39 is 0 Å². The number of hydrogen-bond donors (Lipinski definition) is 0. The molecule has 0 nitrogen and oxygen atoms in total. The summed E-state index contributed by atoms with van der Waals surface area (Å²) in [4.78, 5) is 0. The van der Waals surface area contributed by atoms with Crippen LogP contribution in [0.3, 0.4) is 0 Å². The molecule has 0 saturated heterocycles. The molecule has 2 aliphatic carbocycles. The summed E-state index contributed by atoms with van der Waals surface area (Å²) in [7, 11) is 0. The zero-order chi connectivity index (χ0) is 18.2. The van der Waals surface area contributed by atoms with Gasteiger partial charge in [0.2, 0.25) is 0 Å². The van der Waals surface area contributed by atoms with E-state index in [9.17, 15) is 0 Å². The van der Waals surface area contributed by atoms with E-state index in [-0.39, 0.29) is 10.8 Å². The zero-order valence-electron chi connectivity index (χ0n) is 15.7. The average molecular weight is 338 g/mol. The van der Waals surface area contributed by atoms with Gasteiger partial charge in [0.25, 0.3) is 0 Å². The molecule has 0 spiro atoms. The molecule has 130 valence electrons. The Morgan fingerprint density at radius 1 is 1.00 bits per heavy atom. The van der Waals surface area contributed by atoms with Gasteiger partial charge in [0.15, 0.2) is 0 Å². The summed E-state index contributed by atoms with van der Waals surface area (Å²) < 4.78 is 0. The van der Waals surface area contributed by atoms with Gasteiger partial charge in [-0.15, -0.1) is 12.3 Å². The molecule has 2 aromatic carbocycles. The Morgan fingerprint density at radius 2 is 1.73 bits per heavy atom. The van der Waals surface area contributed by atoms with E-state index in [1.54, 1.807) is 0 Å². The normalized spacial score (nSPS) is 22.9. The molecular weight excluding hydrogens is 312 g/mol. The first kappa shape index (κ1) is 16.9. The molecule has 0 fully saturated rings. The second-order valence-electron chi connectivity index (χ2n) is 8.14. The second kappa shape index (κ2) is 6.33. The van der Waals surface area contributed by atoms with Gasteiger partial charge in [-0.2, -0.15) is 0 Å². The summed E-state index contributed by atoms with van der Waals surface area (Å²) in [5, 5.41) is 0. The number of allylic oxidation sites excluding steroid dienone is 2. The van der Waals surface area contributed by atoms with Gasteiger partial charge in [0, 0.05) is 17.8 Å². The van der Waals surface area contributed by atoms with Gasteiger partial charge in [0.1, 0.15) is 0 Å². The summed E-state index contributed by atoms with van der Waals surface area (Å²) in [6.45, 7) is 4.87. The fourth-order valence-electron chi connectivity index (χ4n) is 5.10. The van der Waals surface area contributed by atoms with Gasteiger partial charge in [-0.25, -0.2) is 0 Å². The molecule has 0 saturated carbocycles. The molecule has 0 radical (unpaired) electrons. The van der Waals surface area contributed by atoms with Crippen molar-refractivity contribution in [3.05, 3.63) is 82.9 Å². The highest BCUT2D eigenvalue weighted by Gasteiger charge is 2.51. The molecule has 2 aliphatic rings. The van der Waals surface area contributed by atoms with E-state index in [1.807, 2.05) is 0 Å². The van der Waals surface area contributed by atoms with Gasteiger partial charge in [-0.05, 0) is 40.5 Å². The maximum atomic E-state index is 5.57. The molecule has 0 aliphatic heterocycles. The number of benzene rings is 2. The van der Waals surface area contributed by atoms with E-state index in [4.69, 9.17) is 6.42 Å². The summed E-state index contributed by atoms with van der Waals surface area (Å²) in [6, 6.07) is 17.7. The molecule has 2 atom stereocenters. The van der Waals surface area contributed by atoms with Crippen molar-refractivity contribution in [2.75, 3.05) is 0 Å². The quantitative estimate of drug-likeness (QED) is 0.426. The number of rotatable bonds is 5. The number of fused-ring (bicyclic) bond motifs is 2. The molecule has 4 rings (SSSR count). The minimum Gasteiger partial charge on any atom is -0.120 e. The fourth-order valence-corrected chi connectivity index (χ4v) is 5.10. The fraction of sp³-hybridized carbons (Fsp3) is 0.308. The maximum absolute atomic E-state index is 5.57. The molecule has 2 unspecified atom stereocenters. The van der Waals surface area contributed by atoms with Crippen molar-refractivity contribution < 1.29 is 0 Å². The maximum Gasteiger partial charge on any atom is 0.0201 e. The number of hydrogen-bond acceptors (Lipinski definition) is 0. The largest absolute Gasteiger partial charge is 0.120 e. The highest BCUT2D eigenvalue weighted by molar-refractivity contribution is 5.68. The first-order chi connectivity index (χ1) is 12.6. The van der Waals surface area contributed by atoms with Crippen molar-refractivity contribution in [1.82, 2.24) is 0 Å². The molecule has 26 heavy (non-hydrogen) atoms. The van der Waals surface area contributed by atoms with Crippen LogP contribution in [0.25, 0.3) is 12.2 Å². The molecule has 0 bridgehead atoms. The lowest BCUT2D eigenvalue weighted by Gasteiger charge is -2.48. The lowest BCUT2D eigenvalue weighted by Crippen LogP contribution is -2.43. The SMILES string of the molecule is C#CCCCC1(C(C)(C)C2C=Cc3ccccc32)C=Cc2ccccc21. The van der Waals surface area contributed by atoms with Crippen LogP contribution in [0, 0.1) is 17.8 Å². The van der Waals surface area contributed by atoms with Crippen molar-refractivity contribution >= 4 is 12.2 Å². The van der Waals surface area contributed by atoms with Gasteiger partial charge >= 0.3 is 0 Å². The van der Waals surface area contributed by atoms with E-state index in [2.05, 4.69) is 92.6 Å². The Hall–Kier alpha value is -2.52. The minimum absolute atomic E-state index is 0.00685. The van der Waals surface area contributed by atoms with Gasteiger partial charge < -0.3 is 0 Å². The Kier molecular flexibility index (Phi) is 4.12. The third kappa shape index (κ3) is 2.38. The summed E-state index contributed by atoms with van der Waals surface area (Å²) in [5.41, 5.74) is 5.68.